The Labute approximate surface area is 152 Å². The summed E-state index contributed by atoms with van der Waals surface area (Å²) in [7, 11) is 0. The summed E-state index contributed by atoms with van der Waals surface area (Å²) in [5.74, 6) is 0.166. The molecule has 134 valence electrons. The van der Waals surface area contributed by atoms with E-state index in [1.807, 2.05) is 41.3 Å². The Morgan fingerprint density at radius 3 is 2.88 bits per heavy atom. The molecule has 4 rings (SSSR count). The van der Waals surface area contributed by atoms with E-state index in [-0.39, 0.29) is 17.8 Å². The van der Waals surface area contributed by atoms with Gasteiger partial charge in [0.05, 0.1) is 12.7 Å². The molecule has 5 nitrogen and oxygen atoms in total. The Kier molecular flexibility index (Phi) is 4.63. The number of fused-ring (bicyclic) bond motifs is 1. The average molecular weight is 350 g/mol. The van der Waals surface area contributed by atoms with Crippen molar-refractivity contribution < 1.29 is 14.6 Å². The number of rotatable bonds is 4. The number of nitrogens with zero attached hydrogens (tertiary/aromatic N) is 1. The first kappa shape index (κ1) is 16.7. The van der Waals surface area contributed by atoms with Gasteiger partial charge in [0.1, 0.15) is 11.4 Å². The van der Waals surface area contributed by atoms with E-state index >= 15 is 0 Å². The fourth-order valence-electron chi connectivity index (χ4n) is 3.45. The van der Waals surface area contributed by atoms with Gasteiger partial charge in [-0.25, -0.2) is 0 Å². The first-order valence-electron chi connectivity index (χ1n) is 8.95. The molecule has 5 heteroatoms. The van der Waals surface area contributed by atoms with Crippen molar-refractivity contribution in [2.75, 3.05) is 13.1 Å². The lowest BCUT2D eigenvalue weighted by molar-refractivity contribution is -0.00686. The van der Waals surface area contributed by atoms with Crippen LogP contribution in [0.1, 0.15) is 28.9 Å². The molecule has 2 heterocycles. The molecule has 0 radical (unpaired) electrons. The van der Waals surface area contributed by atoms with Gasteiger partial charge in [0, 0.05) is 30.1 Å². The molecule has 1 saturated heterocycles. The van der Waals surface area contributed by atoms with E-state index in [1.54, 1.807) is 18.2 Å². The molecule has 1 atom stereocenters. The molecule has 1 aliphatic heterocycles. The fourth-order valence-corrected chi connectivity index (χ4v) is 3.45. The molecule has 0 bridgehead atoms. The molecule has 2 aromatic carbocycles. The number of aromatic amines is 1. The average Bonchev–Trinajstić information content (AvgIpc) is 3.10. The molecule has 1 fully saturated rings. The summed E-state index contributed by atoms with van der Waals surface area (Å²) in [4.78, 5) is 17.8. The number of carbonyl (C=O) groups is 1. The number of aromatic hydroxyl groups is 1. The van der Waals surface area contributed by atoms with E-state index in [0.717, 1.165) is 35.9 Å². The Hall–Kier alpha value is -2.79. The maximum absolute atomic E-state index is 12.9. The quantitative estimate of drug-likeness (QED) is 0.754. The second-order valence-electron chi connectivity index (χ2n) is 6.77. The maximum atomic E-state index is 12.9. The number of hydrogen-bond donors (Lipinski definition) is 2. The zero-order valence-corrected chi connectivity index (χ0v) is 14.5. The summed E-state index contributed by atoms with van der Waals surface area (Å²) in [6.45, 7) is 1.91. The van der Waals surface area contributed by atoms with Crippen LogP contribution >= 0.6 is 0 Å². The standard InChI is InChI=1S/C21H22N2O3/c24-17-9-8-16-11-20(22-19(16)12-17)21(25)23-10-4-7-18(13-23)26-14-15-5-2-1-3-6-15/h1-3,5-6,8-9,11-12,18,22,24H,4,7,10,13-14H2. The third-order valence-electron chi connectivity index (χ3n) is 4.83. The summed E-state index contributed by atoms with van der Waals surface area (Å²) in [6.07, 6.45) is 1.96. The van der Waals surface area contributed by atoms with Crippen LogP contribution in [0.25, 0.3) is 10.9 Å². The second-order valence-corrected chi connectivity index (χ2v) is 6.77. The summed E-state index contributed by atoms with van der Waals surface area (Å²) in [6, 6.07) is 17.0. The summed E-state index contributed by atoms with van der Waals surface area (Å²) < 4.78 is 6.02. The van der Waals surface area contributed by atoms with Crippen LogP contribution in [-0.4, -0.2) is 40.1 Å². The number of amides is 1. The van der Waals surface area contributed by atoms with E-state index in [2.05, 4.69) is 4.98 Å². The number of likely N-dealkylation sites (tertiary alicyclic amines) is 1. The van der Waals surface area contributed by atoms with Gasteiger partial charge < -0.3 is 19.7 Å². The highest BCUT2D eigenvalue weighted by Crippen LogP contribution is 2.23. The third-order valence-corrected chi connectivity index (χ3v) is 4.83. The van der Waals surface area contributed by atoms with Gasteiger partial charge >= 0.3 is 0 Å². The minimum atomic E-state index is -0.0197. The van der Waals surface area contributed by atoms with Crippen molar-refractivity contribution in [3.05, 3.63) is 65.9 Å². The van der Waals surface area contributed by atoms with Crippen LogP contribution in [-0.2, 0) is 11.3 Å². The molecule has 0 aliphatic carbocycles. The SMILES string of the molecule is O=C(c1cc2ccc(O)cc2[nH]1)N1CCCC(OCc2ccccc2)C1. The first-order valence-corrected chi connectivity index (χ1v) is 8.95. The number of nitrogens with one attached hydrogen (secondary N) is 1. The minimum absolute atomic E-state index is 0.0197. The van der Waals surface area contributed by atoms with E-state index in [9.17, 15) is 9.90 Å². The Bertz CT molecular complexity index is 904. The van der Waals surface area contributed by atoms with Crippen molar-refractivity contribution in [2.45, 2.75) is 25.6 Å². The van der Waals surface area contributed by atoms with Crippen molar-refractivity contribution in [1.82, 2.24) is 9.88 Å². The highest BCUT2D eigenvalue weighted by molar-refractivity contribution is 5.98. The van der Waals surface area contributed by atoms with Gasteiger partial charge in [-0.05, 0) is 36.6 Å². The van der Waals surface area contributed by atoms with Crippen molar-refractivity contribution in [1.29, 1.82) is 0 Å². The van der Waals surface area contributed by atoms with Crippen molar-refractivity contribution in [3.63, 3.8) is 0 Å². The van der Waals surface area contributed by atoms with Gasteiger partial charge in [-0.1, -0.05) is 30.3 Å². The molecule has 3 aromatic rings. The summed E-state index contributed by atoms with van der Waals surface area (Å²) in [5, 5.41) is 10.5. The highest BCUT2D eigenvalue weighted by atomic mass is 16.5. The number of benzene rings is 2. The smallest absolute Gasteiger partial charge is 0.270 e. The first-order chi connectivity index (χ1) is 12.7. The lowest BCUT2D eigenvalue weighted by atomic mass is 10.1. The molecular formula is C21H22N2O3. The van der Waals surface area contributed by atoms with Gasteiger partial charge in [0.15, 0.2) is 0 Å². The van der Waals surface area contributed by atoms with Crippen molar-refractivity contribution in [3.8, 4) is 5.75 Å². The molecule has 1 amide bonds. The van der Waals surface area contributed by atoms with Crippen molar-refractivity contribution in [2.24, 2.45) is 0 Å². The van der Waals surface area contributed by atoms with E-state index < -0.39 is 0 Å². The van der Waals surface area contributed by atoms with Crippen LogP contribution in [0.4, 0.5) is 0 Å². The highest BCUT2D eigenvalue weighted by Gasteiger charge is 2.26. The number of aromatic nitrogens is 1. The molecule has 1 unspecified atom stereocenters. The van der Waals surface area contributed by atoms with Crippen LogP contribution < -0.4 is 0 Å². The monoisotopic (exact) mass is 350 g/mol. The number of hydrogen-bond acceptors (Lipinski definition) is 3. The van der Waals surface area contributed by atoms with Crippen molar-refractivity contribution >= 4 is 16.8 Å². The van der Waals surface area contributed by atoms with E-state index in [4.69, 9.17) is 4.74 Å². The maximum Gasteiger partial charge on any atom is 0.270 e. The topological polar surface area (TPSA) is 65.6 Å². The van der Waals surface area contributed by atoms with Crippen LogP contribution in [0.2, 0.25) is 0 Å². The Morgan fingerprint density at radius 1 is 1.19 bits per heavy atom. The zero-order valence-electron chi connectivity index (χ0n) is 14.5. The predicted molar refractivity (Wildman–Crippen MR) is 100 cm³/mol. The third kappa shape index (κ3) is 3.58. The Morgan fingerprint density at radius 2 is 2.04 bits per heavy atom. The van der Waals surface area contributed by atoms with Gasteiger partial charge in [-0.2, -0.15) is 0 Å². The molecular weight excluding hydrogens is 328 g/mol. The van der Waals surface area contributed by atoms with Crippen LogP contribution in [0, 0.1) is 0 Å². The number of carbonyl (C=O) groups excluding carboxylic acids is 1. The van der Waals surface area contributed by atoms with Gasteiger partial charge in [0.25, 0.3) is 5.91 Å². The molecule has 26 heavy (non-hydrogen) atoms. The second kappa shape index (κ2) is 7.22. The minimum Gasteiger partial charge on any atom is -0.508 e. The molecule has 0 saturated carbocycles. The predicted octanol–water partition coefficient (Wildman–Crippen LogP) is 3.69. The lowest BCUT2D eigenvalue weighted by Crippen LogP contribution is -2.43. The number of piperidine rings is 1. The summed E-state index contributed by atoms with van der Waals surface area (Å²) >= 11 is 0. The van der Waals surface area contributed by atoms with Gasteiger partial charge in [-0.15, -0.1) is 0 Å². The summed E-state index contributed by atoms with van der Waals surface area (Å²) in [5.41, 5.74) is 2.46. The molecule has 2 N–H and O–H groups in total. The lowest BCUT2D eigenvalue weighted by Gasteiger charge is -2.32. The number of phenols is 1. The normalized spacial score (nSPS) is 17.5. The molecule has 1 aromatic heterocycles. The fraction of sp³-hybridized carbons (Fsp3) is 0.286. The van der Waals surface area contributed by atoms with Gasteiger partial charge in [-0.3, -0.25) is 4.79 Å². The zero-order chi connectivity index (χ0) is 17.9. The Balaban J connectivity index is 1.42. The van der Waals surface area contributed by atoms with Gasteiger partial charge in [0.2, 0.25) is 0 Å². The van der Waals surface area contributed by atoms with E-state index in [1.165, 1.54) is 0 Å². The number of phenolic OH excluding ortho intramolecular Hbond substituents is 1. The number of ether oxygens (including phenoxy) is 1. The number of H-pyrrole nitrogens is 1. The molecule has 1 aliphatic rings. The van der Waals surface area contributed by atoms with Crippen LogP contribution in [0.5, 0.6) is 5.75 Å². The molecule has 0 spiro atoms. The van der Waals surface area contributed by atoms with Crippen LogP contribution in [0.15, 0.2) is 54.6 Å². The van der Waals surface area contributed by atoms with Crippen LogP contribution in [0.3, 0.4) is 0 Å². The largest absolute Gasteiger partial charge is 0.508 e. The van der Waals surface area contributed by atoms with E-state index in [0.29, 0.717) is 18.8 Å².